The van der Waals surface area contributed by atoms with Gasteiger partial charge in [0.25, 0.3) is 0 Å². The Morgan fingerprint density at radius 1 is 1.39 bits per heavy atom. The Morgan fingerprint density at radius 2 is 2.22 bits per heavy atom. The smallest absolute Gasteiger partial charge is 0.150 e. The second-order valence-corrected chi connectivity index (χ2v) is 5.78. The van der Waals surface area contributed by atoms with Gasteiger partial charge in [0, 0.05) is 23.2 Å². The second kappa shape index (κ2) is 4.91. The van der Waals surface area contributed by atoms with Gasteiger partial charge in [-0.3, -0.25) is 0 Å². The summed E-state index contributed by atoms with van der Waals surface area (Å²) in [5, 5.41) is 13.4. The first-order valence-electron chi connectivity index (χ1n) is 5.73. The largest absolute Gasteiger partial charge is 0.308 e. The van der Waals surface area contributed by atoms with Gasteiger partial charge in [-0.1, -0.05) is 22.9 Å². The van der Waals surface area contributed by atoms with Crippen LogP contribution in [0.1, 0.15) is 17.8 Å². The van der Waals surface area contributed by atoms with Crippen LogP contribution in [0.15, 0.2) is 18.2 Å². The summed E-state index contributed by atoms with van der Waals surface area (Å²) < 4.78 is 13.7. The Hall–Kier alpha value is -1.04. The first-order valence-corrected chi connectivity index (χ1v) is 6.93. The summed E-state index contributed by atoms with van der Waals surface area (Å²) in [6, 6.07) is 5.08. The van der Waals surface area contributed by atoms with Crippen molar-refractivity contribution in [3.63, 3.8) is 0 Å². The van der Waals surface area contributed by atoms with Gasteiger partial charge >= 0.3 is 0 Å². The van der Waals surface area contributed by atoms with E-state index in [1.807, 2.05) is 0 Å². The lowest BCUT2D eigenvalue weighted by Crippen LogP contribution is -2.14. The van der Waals surface area contributed by atoms with Gasteiger partial charge in [-0.05, 0) is 31.0 Å². The maximum atomic E-state index is 13.7. The highest BCUT2D eigenvalue weighted by Crippen LogP contribution is 2.29. The molecule has 0 unspecified atom stereocenters. The molecule has 1 saturated carbocycles. The third-order valence-corrected chi connectivity index (χ3v) is 3.94. The molecular formula is C12H11ClFN3S. The van der Waals surface area contributed by atoms with Crippen LogP contribution in [0.2, 0.25) is 5.02 Å². The van der Waals surface area contributed by atoms with Gasteiger partial charge in [-0.25, -0.2) is 4.39 Å². The highest BCUT2D eigenvalue weighted by atomic mass is 35.5. The fourth-order valence-corrected chi connectivity index (χ4v) is 2.59. The normalized spacial score (nSPS) is 15.0. The minimum absolute atomic E-state index is 0.322. The number of hydrogen-bond acceptors (Lipinski definition) is 4. The van der Waals surface area contributed by atoms with E-state index < -0.39 is 0 Å². The zero-order valence-electron chi connectivity index (χ0n) is 9.49. The molecule has 0 spiro atoms. The van der Waals surface area contributed by atoms with Crippen LogP contribution in [0.4, 0.5) is 4.39 Å². The fraction of sp³-hybridized carbons (Fsp3) is 0.333. The van der Waals surface area contributed by atoms with E-state index in [9.17, 15) is 4.39 Å². The van der Waals surface area contributed by atoms with E-state index in [-0.39, 0.29) is 5.82 Å². The summed E-state index contributed by atoms with van der Waals surface area (Å²) >= 11 is 7.26. The minimum atomic E-state index is -0.322. The lowest BCUT2D eigenvalue weighted by Gasteiger charge is -1.98. The summed E-state index contributed by atoms with van der Waals surface area (Å²) in [7, 11) is 0. The predicted molar refractivity (Wildman–Crippen MR) is 70.2 cm³/mol. The first-order chi connectivity index (χ1) is 8.72. The molecule has 1 fully saturated rings. The van der Waals surface area contributed by atoms with Gasteiger partial charge in [-0.2, -0.15) is 0 Å². The zero-order chi connectivity index (χ0) is 12.5. The van der Waals surface area contributed by atoms with Crippen LogP contribution in [-0.4, -0.2) is 16.2 Å². The van der Waals surface area contributed by atoms with Crippen LogP contribution in [0.3, 0.4) is 0 Å². The molecule has 6 heteroatoms. The molecule has 0 bridgehead atoms. The summed E-state index contributed by atoms with van der Waals surface area (Å²) in [6.07, 6.45) is 2.46. The van der Waals surface area contributed by atoms with Crippen molar-refractivity contribution >= 4 is 22.9 Å². The van der Waals surface area contributed by atoms with E-state index in [0.717, 1.165) is 5.01 Å². The highest BCUT2D eigenvalue weighted by molar-refractivity contribution is 7.14. The molecule has 1 aromatic carbocycles. The number of aromatic nitrogens is 2. The van der Waals surface area contributed by atoms with Gasteiger partial charge in [-0.15, -0.1) is 10.2 Å². The Kier molecular flexibility index (Phi) is 3.28. The molecule has 2 aromatic rings. The fourth-order valence-electron chi connectivity index (χ4n) is 1.61. The van der Waals surface area contributed by atoms with Crippen molar-refractivity contribution in [2.45, 2.75) is 25.4 Å². The van der Waals surface area contributed by atoms with Crippen molar-refractivity contribution in [2.24, 2.45) is 0 Å². The van der Waals surface area contributed by atoms with Crippen LogP contribution in [0.5, 0.6) is 0 Å². The molecule has 1 heterocycles. The third-order valence-electron chi connectivity index (χ3n) is 2.74. The molecule has 0 radical (unpaired) electrons. The zero-order valence-corrected chi connectivity index (χ0v) is 11.1. The number of nitrogens with one attached hydrogen (secondary N) is 1. The molecular weight excluding hydrogens is 273 g/mol. The van der Waals surface area contributed by atoms with Crippen molar-refractivity contribution in [1.29, 1.82) is 0 Å². The number of hydrogen-bond donors (Lipinski definition) is 1. The van der Waals surface area contributed by atoms with E-state index in [0.29, 0.717) is 28.2 Å². The molecule has 18 heavy (non-hydrogen) atoms. The molecule has 0 saturated heterocycles. The molecule has 94 valence electrons. The minimum Gasteiger partial charge on any atom is -0.308 e. The first kappa shape index (κ1) is 12.0. The summed E-state index contributed by atoms with van der Waals surface area (Å²) in [5.41, 5.74) is 0.415. The molecule has 1 aliphatic carbocycles. The van der Waals surface area contributed by atoms with Crippen LogP contribution in [-0.2, 0) is 6.54 Å². The number of benzene rings is 1. The van der Waals surface area contributed by atoms with Crippen LogP contribution < -0.4 is 5.32 Å². The molecule has 1 aromatic heterocycles. The monoisotopic (exact) mass is 283 g/mol. The maximum absolute atomic E-state index is 13.7. The molecule has 0 amide bonds. The van der Waals surface area contributed by atoms with Crippen molar-refractivity contribution < 1.29 is 4.39 Å². The van der Waals surface area contributed by atoms with Gasteiger partial charge in [0.15, 0.2) is 5.01 Å². The molecule has 0 aliphatic heterocycles. The van der Waals surface area contributed by atoms with Crippen LogP contribution in [0, 0.1) is 5.82 Å². The SMILES string of the molecule is Fc1ccc(Cl)cc1-c1nnc(CNC2CC2)s1. The average molecular weight is 284 g/mol. The number of halogens is 2. The van der Waals surface area contributed by atoms with E-state index in [1.54, 1.807) is 6.07 Å². The van der Waals surface area contributed by atoms with E-state index in [1.165, 1.54) is 36.3 Å². The van der Waals surface area contributed by atoms with Crippen molar-refractivity contribution in [1.82, 2.24) is 15.5 Å². The molecule has 3 rings (SSSR count). The van der Waals surface area contributed by atoms with Crippen molar-refractivity contribution in [3.8, 4) is 10.6 Å². The maximum Gasteiger partial charge on any atom is 0.150 e. The third kappa shape index (κ3) is 2.68. The standard InChI is InChI=1S/C12H11ClFN3S/c13-7-1-4-10(14)9(5-7)12-17-16-11(18-12)6-15-8-2-3-8/h1,4-5,8,15H,2-3,6H2. The van der Waals surface area contributed by atoms with Gasteiger partial charge in [0.05, 0.1) is 0 Å². The van der Waals surface area contributed by atoms with E-state index in [2.05, 4.69) is 15.5 Å². The topological polar surface area (TPSA) is 37.8 Å². The Balaban J connectivity index is 1.80. The summed E-state index contributed by atoms with van der Waals surface area (Å²) in [6.45, 7) is 0.699. The van der Waals surface area contributed by atoms with Crippen molar-refractivity contribution in [2.75, 3.05) is 0 Å². The molecule has 3 nitrogen and oxygen atoms in total. The van der Waals surface area contributed by atoms with Crippen LogP contribution >= 0.6 is 22.9 Å². The summed E-state index contributed by atoms with van der Waals surface area (Å²) in [5.74, 6) is -0.322. The van der Waals surface area contributed by atoms with Crippen molar-refractivity contribution in [3.05, 3.63) is 34.0 Å². The Bertz CT molecular complexity index is 568. The second-order valence-electron chi connectivity index (χ2n) is 4.28. The molecule has 1 N–H and O–H groups in total. The van der Waals surface area contributed by atoms with Gasteiger partial charge in [0.1, 0.15) is 10.8 Å². The van der Waals surface area contributed by atoms with E-state index >= 15 is 0 Å². The molecule has 1 aliphatic rings. The predicted octanol–water partition coefficient (Wildman–Crippen LogP) is 3.25. The molecule has 0 atom stereocenters. The Labute approximate surface area is 113 Å². The Morgan fingerprint density at radius 3 is 3.00 bits per heavy atom. The van der Waals surface area contributed by atoms with Gasteiger partial charge in [0.2, 0.25) is 0 Å². The lowest BCUT2D eigenvalue weighted by atomic mass is 10.2. The lowest BCUT2D eigenvalue weighted by molar-refractivity contribution is 0.631. The number of rotatable bonds is 4. The van der Waals surface area contributed by atoms with E-state index in [4.69, 9.17) is 11.6 Å². The highest BCUT2D eigenvalue weighted by Gasteiger charge is 2.21. The number of nitrogens with zero attached hydrogens (tertiary/aromatic N) is 2. The van der Waals surface area contributed by atoms with Crippen LogP contribution in [0.25, 0.3) is 10.6 Å². The average Bonchev–Trinajstić information content (AvgIpc) is 3.08. The van der Waals surface area contributed by atoms with Gasteiger partial charge < -0.3 is 5.32 Å². The summed E-state index contributed by atoms with van der Waals surface area (Å²) in [4.78, 5) is 0. The quantitative estimate of drug-likeness (QED) is 0.936.